The Hall–Kier alpha value is -2.41. The van der Waals surface area contributed by atoms with E-state index in [1.165, 1.54) is 18.0 Å². The van der Waals surface area contributed by atoms with E-state index in [4.69, 9.17) is 5.26 Å². The molecule has 0 bridgehead atoms. The summed E-state index contributed by atoms with van der Waals surface area (Å²) in [6.07, 6.45) is 3.01. The lowest BCUT2D eigenvalue weighted by molar-refractivity contribution is 0.860. The van der Waals surface area contributed by atoms with Crippen molar-refractivity contribution in [1.82, 2.24) is 9.97 Å². The highest BCUT2D eigenvalue weighted by atomic mass is 15.1. The van der Waals surface area contributed by atoms with E-state index in [1.54, 1.807) is 0 Å². The van der Waals surface area contributed by atoms with Crippen molar-refractivity contribution in [2.75, 3.05) is 5.32 Å². The molecule has 84 valence electrons. The molecule has 1 aromatic carbocycles. The first-order valence-electron chi connectivity index (χ1n) is 5.33. The van der Waals surface area contributed by atoms with Crippen molar-refractivity contribution in [2.45, 2.75) is 13.0 Å². The van der Waals surface area contributed by atoms with E-state index in [0.29, 0.717) is 11.5 Å². The highest BCUT2D eigenvalue weighted by Crippen LogP contribution is 2.15. The normalized spacial score (nSPS) is 11.5. The molecular formula is C13H12N4. The van der Waals surface area contributed by atoms with Crippen LogP contribution in [0.3, 0.4) is 0 Å². The van der Waals surface area contributed by atoms with Crippen molar-refractivity contribution >= 4 is 5.95 Å². The third kappa shape index (κ3) is 2.79. The van der Waals surface area contributed by atoms with Crippen molar-refractivity contribution < 1.29 is 0 Å². The molecule has 0 saturated carbocycles. The van der Waals surface area contributed by atoms with Gasteiger partial charge in [-0.05, 0) is 12.5 Å². The zero-order valence-electron chi connectivity index (χ0n) is 9.46. The lowest BCUT2D eigenvalue weighted by atomic mass is 10.1. The van der Waals surface area contributed by atoms with Crippen molar-refractivity contribution in [3.8, 4) is 6.07 Å². The van der Waals surface area contributed by atoms with E-state index in [1.807, 2.05) is 43.3 Å². The summed E-state index contributed by atoms with van der Waals surface area (Å²) in [5.41, 5.74) is 1.63. The van der Waals surface area contributed by atoms with Gasteiger partial charge in [-0.2, -0.15) is 5.26 Å². The molecule has 0 aliphatic heterocycles. The molecule has 0 aliphatic carbocycles. The highest BCUT2D eigenvalue weighted by molar-refractivity contribution is 5.33. The minimum absolute atomic E-state index is 0.129. The Balaban J connectivity index is 2.08. The van der Waals surface area contributed by atoms with Crippen LogP contribution >= 0.6 is 0 Å². The number of rotatable bonds is 3. The third-order valence-corrected chi connectivity index (χ3v) is 2.43. The largest absolute Gasteiger partial charge is 0.348 e. The van der Waals surface area contributed by atoms with Crippen LogP contribution in [0.25, 0.3) is 0 Å². The van der Waals surface area contributed by atoms with E-state index in [9.17, 15) is 0 Å². The van der Waals surface area contributed by atoms with Crippen molar-refractivity contribution in [3.05, 3.63) is 53.9 Å². The second-order valence-electron chi connectivity index (χ2n) is 3.68. The summed E-state index contributed by atoms with van der Waals surface area (Å²) in [6.45, 7) is 2.04. The number of nitrogens with zero attached hydrogens (tertiary/aromatic N) is 3. The molecular weight excluding hydrogens is 212 g/mol. The zero-order valence-corrected chi connectivity index (χ0v) is 9.46. The topological polar surface area (TPSA) is 61.6 Å². The molecule has 17 heavy (non-hydrogen) atoms. The predicted molar refractivity (Wildman–Crippen MR) is 65.2 cm³/mol. The molecule has 1 N–H and O–H groups in total. The molecule has 1 atom stereocenters. The van der Waals surface area contributed by atoms with Crippen LogP contribution in [-0.2, 0) is 0 Å². The Morgan fingerprint density at radius 1 is 1.18 bits per heavy atom. The fourth-order valence-electron chi connectivity index (χ4n) is 1.48. The summed E-state index contributed by atoms with van der Waals surface area (Å²) < 4.78 is 0. The lowest BCUT2D eigenvalue weighted by Crippen LogP contribution is -2.09. The number of hydrogen-bond acceptors (Lipinski definition) is 4. The SMILES string of the molecule is C[C@H](Nc1ncc(C#N)cn1)c1ccccc1. The molecule has 1 aromatic heterocycles. The van der Waals surface area contributed by atoms with Crippen LogP contribution in [0.1, 0.15) is 24.1 Å². The summed E-state index contributed by atoms with van der Waals surface area (Å²) in [5, 5.41) is 11.8. The molecule has 0 aliphatic rings. The number of nitrogens with one attached hydrogen (secondary N) is 1. The van der Waals surface area contributed by atoms with Gasteiger partial charge in [0.1, 0.15) is 6.07 Å². The van der Waals surface area contributed by atoms with E-state index in [0.717, 1.165) is 0 Å². The van der Waals surface area contributed by atoms with Gasteiger partial charge in [0.25, 0.3) is 0 Å². The fourth-order valence-corrected chi connectivity index (χ4v) is 1.48. The van der Waals surface area contributed by atoms with Gasteiger partial charge >= 0.3 is 0 Å². The Kier molecular flexibility index (Phi) is 3.31. The molecule has 0 saturated heterocycles. The number of nitriles is 1. The summed E-state index contributed by atoms with van der Waals surface area (Å²) in [6, 6.07) is 12.2. The fraction of sp³-hybridized carbons (Fsp3) is 0.154. The minimum atomic E-state index is 0.129. The van der Waals surface area contributed by atoms with Crippen LogP contribution in [0.4, 0.5) is 5.95 Å². The monoisotopic (exact) mass is 224 g/mol. The van der Waals surface area contributed by atoms with Gasteiger partial charge in [0.2, 0.25) is 5.95 Å². The predicted octanol–water partition coefficient (Wildman–Crippen LogP) is 2.52. The van der Waals surface area contributed by atoms with Gasteiger partial charge in [-0.25, -0.2) is 9.97 Å². The van der Waals surface area contributed by atoms with Crippen LogP contribution < -0.4 is 5.32 Å². The van der Waals surface area contributed by atoms with Crippen molar-refractivity contribution in [2.24, 2.45) is 0 Å². The van der Waals surface area contributed by atoms with E-state index in [-0.39, 0.29) is 6.04 Å². The molecule has 4 nitrogen and oxygen atoms in total. The van der Waals surface area contributed by atoms with E-state index >= 15 is 0 Å². The summed E-state index contributed by atoms with van der Waals surface area (Å²) >= 11 is 0. The van der Waals surface area contributed by atoms with Gasteiger partial charge in [-0.3, -0.25) is 0 Å². The Morgan fingerprint density at radius 3 is 2.41 bits per heavy atom. The van der Waals surface area contributed by atoms with Crippen LogP contribution in [0.15, 0.2) is 42.7 Å². The van der Waals surface area contributed by atoms with Gasteiger partial charge in [0.15, 0.2) is 0 Å². The second kappa shape index (κ2) is 5.08. The molecule has 4 heteroatoms. The average Bonchev–Trinajstić information content (AvgIpc) is 2.40. The molecule has 2 aromatic rings. The van der Waals surface area contributed by atoms with E-state index in [2.05, 4.69) is 15.3 Å². The molecule has 0 spiro atoms. The summed E-state index contributed by atoms with van der Waals surface area (Å²) in [5.74, 6) is 0.528. The summed E-state index contributed by atoms with van der Waals surface area (Å²) in [4.78, 5) is 8.14. The third-order valence-electron chi connectivity index (χ3n) is 2.43. The van der Waals surface area contributed by atoms with E-state index < -0.39 is 0 Å². The number of anilines is 1. The highest BCUT2D eigenvalue weighted by Gasteiger charge is 2.05. The van der Waals surface area contributed by atoms with Crippen LogP contribution in [0.2, 0.25) is 0 Å². The van der Waals surface area contributed by atoms with Crippen LogP contribution in [0.5, 0.6) is 0 Å². The average molecular weight is 224 g/mol. The summed E-state index contributed by atoms with van der Waals surface area (Å²) in [7, 11) is 0. The molecule has 0 radical (unpaired) electrons. The molecule has 2 rings (SSSR count). The molecule has 0 fully saturated rings. The van der Waals surface area contributed by atoms with Gasteiger partial charge < -0.3 is 5.32 Å². The Bertz CT molecular complexity index is 513. The Morgan fingerprint density at radius 2 is 1.82 bits per heavy atom. The molecule has 1 heterocycles. The smallest absolute Gasteiger partial charge is 0.223 e. The maximum absolute atomic E-state index is 8.64. The standard InChI is InChI=1S/C13H12N4/c1-10(12-5-3-2-4-6-12)17-13-15-8-11(7-14)9-16-13/h2-6,8-10H,1H3,(H,15,16,17)/t10-/m0/s1. The maximum Gasteiger partial charge on any atom is 0.223 e. The number of benzene rings is 1. The molecule has 0 unspecified atom stereocenters. The maximum atomic E-state index is 8.64. The Labute approximate surface area is 100.0 Å². The number of hydrogen-bond donors (Lipinski definition) is 1. The van der Waals surface area contributed by atoms with Crippen LogP contribution in [-0.4, -0.2) is 9.97 Å². The lowest BCUT2D eigenvalue weighted by Gasteiger charge is -2.13. The van der Waals surface area contributed by atoms with Crippen molar-refractivity contribution in [1.29, 1.82) is 5.26 Å². The first-order valence-corrected chi connectivity index (χ1v) is 5.33. The van der Waals surface area contributed by atoms with Crippen molar-refractivity contribution in [3.63, 3.8) is 0 Å². The first kappa shape index (κ1) is 11.1. The molecule has 0 amide bonds. The second-order valence-corrected chi connectivity index (χ2v) is 3.68. The zero-order chi connectivity index (χ0) is 12.1. The minimum Gasteiger partial charge on any atom is -0.348 e. The number of aromatic nitrogens is 2. The van der Waals surface area contributed by atoms with Gasteiger partial charge in [0, 0.05) is 0 Å². The first-order chi connectivity index (χ1) is 8.29. The van der Waals surface area contributed by atoms with Gasteiger partial charge in [-0.1, -0.05) is 30.3 Å². The van der Waals surface area contributed by atoms with Gasteiger partial charge in [-0.15, -0.1) is 0 Å². The quantitative estimate of drug-likeness (QED) is 0.870. The van der Waals surface area contributed by atoms with Crippen LogP contribution in [0, 0.1) is 11.3 Å². The van der Waals surface area contributed by atoms with Gasteiger partial charge in [0.05, 0.1) is 24.0 Å².